The van der Waals surface area contributed by atoms with Crippen LogP contribution in [0.15, 0.2) is 30.4 Å². The summed E-state index contributed by atoms with van der Waals surface area (Å²) in [4.78, 5) is 53.4. The van der Waals surface area contributed by atoms with Gasteiger partial charge in [-0.05, 0) is 44.7 Å². The molecule has 0 aromatic heterocycles. The van der Waals surface area contributed by atoms with Crippen molar-refractivity contribution in [1.82, 2.24) is 5.32 Å². The lowest BCUT2D eigenvalue weighted by Gasteiger charge is -2.42. The molecule has 3 aliphatic carbocycles. The number of amides is 1. The fourth-order valence-electron chi connectivity index (χ4n) is 7.41. The fourth-order valence-corrected chi connectivity index (χ4v) is 7.41. The van der Waals surface area contributed by atoms with Gasteiger partial charge in [0.15, 0.2) is 17.9 Å². The molecule has 6 N–H and O–H groups in total. The van der Waals surface area contributed by atoms with E-state index in [0.29, 0.717) is 6.42 Å². The number of carbonyl (C=O) groups excluding carboxylic acids is 4. The number of aliphatic hydroxyl groups excluding tert-OH is 2. The number of aromatic hydroxyl groups is 2. The third kappa shape index (κ3) is 6.37. The average Bonchev–Trinajstić information content (AvgIpc) is 3.07. The van der Waals surface area contributed by atoms with Gasteiger partial charge >= 0.3 is 6.09 Å². The van der Waals surface area contributed by atoms with E-state index >= 15 is 0 Å². The number of methoxy groups -OCH3 is 1. The molecular weight excluding hydrogens is 654 g/mol. The highest BCUT2D eigenvalue weighted by Crippen LogP contribution is 2.52. The van der Waals surface area contributed by atoms with Gasteiger partial charge in [0.1, 0.15) is 41.7 Å². The van der Waals surface area contributed by atoms with Crippen LogP contribution in [-0.2, 0) is 25.4 Å². The number of ketones is 3. The Hall–Kier alpha value is -4.34. The molecule has 1 fully saturated rings. The first kappa shape index (κ1) is 35.5. The number of ether oxygens (including phenoxy) is 4. The predicted molar refractivity (Wildman–Crippen MR) is 173 cm³/mol. The Balaban J connectivity index is 1.33. The minimum absolute atomic E-state index is 0.0737. The normalized spacial score (nSPS) is 29.8. The topological polar surface area (TPSA) is 218 Å². The largest absolute Gasteiger partial charge is 0.507 e. The fraction of sp³-hybridized carbons (Fsp3) is 0.500. The van der Waals surface area contributed by atoms with Gasteiger partial charge in [0.2, 0.25) is 5.78 Å². The minimum atomic E-state index is -2.32. The van der Waals surface area contributed by atoms with Crippen molar-refractivity contribution >= 4 is 23.4 Å². The van der Waals surface area contributed by atoms with Crippen LogP contribution in [0.1, 0.15) is 101 Å². The van der Waals surface area contributed by atoms with Crippen LogP contribution in [0, 0.1) is 0 Å². The lowest BCUT2D eigenvalue weighted by atomic mass is 9.72. The second-order valence-corrected chi connectivity index (χ2v) is 13.3. The zero-order valence-electron chi connectivity index (χ0n) is 27.7. The van der Waals surface area contributed by atoms with Crippen LogP contribution in [-0.4, -0.2) is 98.9 Å². The van der Waals surface area contributed by atoms with Crippen molar-refractivity contribution in [3.63, 3.8) is 0 Å². The summed E-state index contributed by atoms with van der Waals surface area (Å²) in [7, 11) is 1.31. The van der Waals surface area contributed by atoms with Crippen molar-refractivity contribution in [2.75, 3.05) is 13.7 Å². The summed E-state index contributed by atoms with van der Waals surface area (Å²) in [6.45, 7) is 0.487. The van der Waals surface area contributed by atoms with E-state index in [1.165, 1.54) is 25.3 Å². The maximum absolute atomic E-state index is 13.9. The molecule has 0 spiro atoms. The molecule has 14 heteroatoms. The standard InChI is InChI=1S/C36H41NO13/c1-17-30(40)21(37-35(45)49-18-9-6-4-3-5-7-10-18)13-25(48-17)50-23-15-36(46,24(39)16-38)14-20-27(23)34(44)29-28(32(20)42)31(41)19-11-8-12-22(47-2)26(19)33(29)43/h6,8-9,11-12,17-18,21,23,25,30,38,40,42,44,46H,3-5,7,10,13-16H2,1-2H3,(H,37,45)/b9-6+/t17-,18-,21-,23-,25?,30+,36-/m0/s1. The molecule has 1 unspecified atom stereocenters. The smallest absolute Gasteiger partial charge is 0.408 e. The van der Waals surface area contributed by atoms with Crippen LogP contribution in [0.25, 0.3) is 0 Å². The van der Waals surface area contributed by atoms with Gasteiger partial charge in [0, 0.05) is 36.0 Å². The molecule has 2 aromatic rings. The van der Waals surface area contributed by atoms with Gasteiger partial charge in [0.25, 0.3) is 0 Å². The van der Waals surface area contributed by atoms with Gasteiger partial charge in [-0.25, -0.2) is 4.79 Å². The summed E-state index contributed by atoms with van der Waals surface area (Å²) in [5.41, 5.74) is -3.93. The number of alkyl carbamates (subject to hydrolysis) is 1. The van der Waals surface area contributed by atoms with Crippen LogP contribution in [0.2, 0.25) is 0 Å². The monoisotopic (exact) mass is 695 g/mol. The van der Waals surface area contributed by atoms with Crippen molar-refractivity contribution in [3.05, 3.63) is 63.7 Å². The third-order valence-electron chi connectivity index (χ3n) is 10.0. The molecule has 1 aliphatic heterocycles. The number of Topliss-reactive ketones (excluding diaryl/α,β-unsaturated/α-hetero) is 1. The Kier molecular flexibility index (Phi) is 10.0. The summed E-state index contributed by atoms with van der Waals surface area (Å²) < 4.78 is 23.0. The van der Waals surface area contributed by atoms with E-state index < -0.39 is 108 Å². The summed E-state index contributed by atoms with van der Waals surface area (Å²) in [5.74, 6) is -3.98. The third-order valence-corrected chi connectivity index (χ3v) is 10.0. The van der Waals surface area contributed by atoms with Crippen LogP contribution < -0.4 is 10.1 Å². The molecule has 14 nitrogen and oxygen atoms in total. The molecule has 50 heavy (non-hydrogen) atoms. The van der Waals surface area contributed by atoms with Gasteiger partial charge in [-0.3, -0.25) is 14.4 Å². The van der Waals surface area contributed by atoms with Crippen LogP contribution in [0.4, 0.5) is 4.79 Å². The second-order valence-electron chi connectivity index (χ2n) is 13.3. The molecule has 6 rings (SSSR count). The van der Waals surface area contributed by atoms with E-state index in [1.54, 1.807) is 6.92 Å². The lowest BCUT2D eigenvalue weighted by Crippen LogP contribution is -2.56. The van der Waals surface area contributed by atoms with Crippen molar-refractivity contribution in [2.24, 2.45) is 0 Å². The molecule has 2 aromatic carbocycles. The van der Waals surface area contributed by atoms with E-state index in [-0.39, 0.29) is 34.4 Å². The van der Waals surface area contributed by atoms with Gasteiger partial charge < -0.3 is 49.8 Å². The first-order chi connectivity index (χ1) is 23.9. The highest BCUT2D eigenvalue weighted by Gasteiger charge is 2.50. The Morgan fingerprint density at radius 3 is 2.56 bits per heavy atom. The average molecular weight is 696 g/mol. The first-order valence-electron chi connectivity index (χ1n) is 16.7. The Labute approximate surface area is 287 Å². The van der Waals surface area contributed by atoms with Crippen molar-refractivity contribution in [1.29, 1.82) is 0 Å². The highest BCUT2D eigenvalue weighted by atomic mass is 16.7. The van der Waals surface area contributed by atoms with E-state index in [9.17, 15) is 44.7 Å². The maximum Gasteiger partial charge on any atom is 0.408 e. The molecule has 0 radical (unpaired) electrons. The van der Waals surface area contributed by atoms with Crippen molar-refractivity contribution in [2.45, 2.75) is 101 Å². The van der Waals surface area contributed by atoms with Crippen LogP contribution in [0.5, 0.6) is 17.2 Å². The van der Waals surface area contributed by atoms with Crippen LogP contribution >= 0.6 is 0 Å². The zero-order chi connectivity index (χ0) is 35.9. The van der Waals surface area contributed by atoms with Gasteiger partial charge in [-0.15, -0.1) is 0 Å². The number of phenols is 2. The van der Waals surface area contributed by atoms with Gasteiger partial charge in [0.05, 0.1) is 42.0 Å². The number of phenolic OH excluding ortho intramolecular Hbond substituents is 2. The summed E-state index contributed by atoms with van der Waals surface area (Å²) >= 11 is 0. The number of aliphatic hydroxyl groups is 3. The summed E-state index contributed by atoms with van der Waals surface area (Å²) in [6.07, 6.45) is 1.13. The quantitative estimate of drug-likeness (QED) is 0.155. The number of fused-ring (bicyclic) bond motifs is 3. The Bertz CT molecular complexity index is 1740. The first-order valence-corrected chi connectivity index (χ1v) is 16.7. The molecule has 7 atom stereocenters. The number of allylic oxidation sites excluding steroid dienone is 1. The molecule has 1 heterocycles. The van der Waals surface area contributed by atoms with Gasteiger partial charge in [-0.1, -0.05) is 24.6 Å². The molecule has 0 bridgehead atoms. The number of carbonyl (C=O) groups is 4. The molecule has 1 saturated heterocycles. The number of nitrogens with one attached hydrogen (secondary N) is 1. The van der Waals surface area contributed by atoms with Crippen molar-refractivity contribution < 1.29 is 63.7 Å². The van der Waals surface area contributed by atoms with Gasteiger partial charge in [-0.2, -0.15) is 0 Å². The van der Waals surface area contributed by atoms with E-state index in [1.807, 2.05) is 12.2 Å². The Morgan fingerprint density at radius 1 is 1.06 bits per heavy atom. The predicted octanol–water partition coefficient (Wildman–Crippen LogP) is 2.66. The lowest BCUT2D eigenvalue weighted by molar-refractivity contribution is -0.249. The molecule has 1 amide bonds. The van der Waals surface area contributed by atoms with E-state index in [2.05, 4.69) is 5.32 Å². The zero-order valence-corrected chi connectivity index (χ0v) is 27.7. The summed E-state index contributed by atoms with van der Waals surface area (Å²) in [6, 6.07) is 3.41. The van der Waals surface area contributed by atoms with Crippen molar-refractivity contribution in [3.8, 4) is 17.2 Å². The number of rotatable bonds is 7. The van der Waals surface area contributed by atoms with E-state index in [0.717, 1.165) is 25.7 Å². The van der Waals surface area contributed by atoms with Crippen LogP contribution in [0.3, 0.4) is 0 Å². The molecule has 0 saturated carbocycles. The molecular formula is C36H41NO13. The minimum Gasteiger partial charge on any atom is -0.507 e. The molecule has 4 aliphatic rings. The number of benzene rings is 2. The Morgan fingerprint density at radius 2 is 1.82 bits per heavy atom. The molecule has 268 valence electrons. The highest BCUT2D eigenvalue weighted by molar-refractivity contribution is 6.31. The number of hydrogen-bond acceptors (Lipinski definition) is 13. The number of hydrogen-bond donors (Lipinski definition) is 6. The van der Waals surface area contributed by atoms with E-state index in [4.69, 9.17) is 18.9 Å². The summed E-state index contributed by atoms with van der Waals surface area (Å²) in [5, 5.41) is 58.1. The maximum atomic E-state index is 13.9. The second kappa shape index (κ2) is 14.1. The SMILES string of the molecule is COc1cccc2c1C(=O)c1c(O)c3c(c(O)c1C2=O)C[C@@](O)(C(=O)CO)C[C@@H]3OC1C[C@H](NC(=O)O[C@H]2/C=C/CCCCC2)[C@H](O)[C@H](C)O1.